The van der Waals surface area contributed by atoms with Crippen LogP contribution in [0.2, 0.25) is 0 Å². The third-order valence-electron chi connectivity index (χ3n) is 4.01. The fourth-order valence-electron chi connectivity index (χ4n) is 2.65. The van der Waals surface area contributed by atoms with Gasteiger partial charge in [0, 0.05) is 0 Å². The number of carbonyl (C=O) groups excluding carboxylic acids is 1. The summed E-state index contributed by atoms with van der Waals surface area (Å²) < 4.78 is 19.6. The van der Waals surface area contributed by atoms with E-state index in [-0.39, 0.29) is 5.69 Å². The Bertz CT molecular complexity index is 884. The number of carboxylic acid groups (broad SMARTS) is 1. The number of aliphatic carboxylic acids is 1. The number of amides is 1. The molecule has 0 spiro atoms. The van der Waals surface area contributed by atoms with Crippen molar-refractivity contribution >= 4 is 29.3 Å². The van der Waals surface area contributed by atoms with Gasteiger partial charge in [-0.05, 0) is 40.8 Å². The van der Waals surface area contributed by atoms with E-state index in [2.05, 4.69) is 5.32 Å². The molecule has 7 heteroatoms. The Balaban J connectivity index is 1.78. The number of halogens is 1. The lowest BCUT2D eigenvalue weighted by atomic mass is 10.0. The van der Waals surface area contributed by atoms with Gasteiger partial charge in [-0.3, -0.25) is 9.59 Å². The molecule has 0 aliphatic carbocycles. The first-order valence-corrected chi connectivity index (χ1v) is 8.73. The molecule has 1 aliphatic heterocycles. The molecule has 0 radical (unpaired) electrons. The summed E-state index contributed by atoms with van der Waals surface area (Å²) >= 11 is 1.06. The van der Waals surface area contributed by atoms with Crippen LogP contribution in [0.1, 0.15) is 0 Å². The predicted molar refractivity (Wildman–Crippen MR) is 98.7 cm³/mol. The largest absolute Gasteiger partial charge is 0.497 e. The van der Waals surface area contributed by atoms with Gasteiger partial charge < -0.3 is 15.2 Å². The maximum Gasteiger partial charge on any atom is 0.318 e. The van der Waals surface area contributed by atoms with Crippen LogP contribution >= 0.6 is 11.8 Å². The van der Waals surface area contributed by atoms with E-state index in [4.69, 9.17) is 9.84 Å². The number of hydrogen-bond acceptors (Lipinski definition) is 4. The summed E-state index contributed by atoms with van der Waals surface area (Å²) in [5, 5.41) is 12.3. The van der Waals surface area contributed by atoms with Crippen LogP contribution in [-0.2, 0) is 9.59 Å². The van der Waals surface area contributed by atoms with Crippen LogP contribution in [0.3, 0.4) is 0 Å². The quantitative estimate of drug-likeness (QED) is 0.834. The molecule has 2 unspecified atom stereocenters. The fraction of sp³-hybridized carbons (Fsp3) is 0.158. The van der Waals surface area contributed by atoms with Crippen LogP contribution in [0.4, 0.5) is 10.1 Å². The van der Waals surface area contributed by atoms with Gasteiger partial charge in [0.1, 0.15) is 16.8 Å². The molecule has 1 amide bonds. The molecule has 2 atom stereocenters. The Hall–Kier alpha value is -2.80. The van der Waals surface area contributed by atoms with Gasteiger partial charge in [-0.15, -0.1) is 11.8 Å². The molecule has 2 aromatic carbocycles. The van der Waals surface area contributed by atoms with E-state index in [0.717, 1.165) is 17.3 Å². The summed E-state index contributed by atoms with van der Waals surface area (Å²) in [6.45, 7) is 0. The standard InChI is InChI=1S/C19H16FNO4S/c1-25-13-4-2-3-11(9-13)12-5-6-16(15(20)10-12)21-18(22)14-7-8-26-17(14)19(23)24/h2-10,14,17H,1H3,(H,21,22)(H,23,24). The van der Waals surface area contributed by atoms with Crippen molar-refractivity contribution < 1.29 is 23.8 Å². The van der Waals surface area contributed by atoms with Gasteiger partial charge in [-0.2, -0.15) is 0 Å². The van der Waals surface area contributed by atoms with Gasteiger partial charge in [0.15, 0.2) is 0 Å². The van der Waals surface area contributed by atoms with E-state index >= 15 is 0 Å². The predicted octanol–water partition coefficient (Wildman–Crippen LogP) is 3.77. The summed E-state index contributed by atoms with van der Waals surface area (Å²) in [6, 6.07) is 11.7. The average Bonchev–Trinajstić information content (AvgIpc) is 3.13. The van der Waals surface area contributed by atoms with Crippen LogP contribution < -0.4 is 10.1 Å². The van der Waals surface area contributed by atoms with Crippen molar-refractivity contribution in [1.82, 2.24) is 0 Å². The number of methoxy groups -OCH3 is 1. The molecule has 1 aliphatic rings. The second-order valence-electron chi connectivity index (χ2n) is 5.67. The zero-order valence-electron chi connectivity index (χ0n) is 13.8. The van der Waals surface area contributed by atoms with Gasteiger partial charge in [-0.1, -0.05) is 24.3 Å². The maximum absolute atomic E-state index is 14.4. The van der Waals surface area contributed by atoms with E-state index in [1.54, 1.807) is 36.8 Å². The van der Waals surface area contributed by atoms with Crippen LogP contribution in [0.15, 0.2) is 53.9 Å². The number of ether oxygens (including phenoxy) is 1. The highest BCUT2D eigenvalue weighted by Gasteiger charge is 2.35. The lowest BCUT2D eigenvalue weighted by Gasteiger charge is -2.15. The Morgan fingerprint density at radius 1 is 1.19 bits per heavy atom. The molecule has 0 fully saturated rings. The second-order valence-corrected chi connectivity index (χ2v) is 6.72. The number of rotatable bonds is 5. The van der Waals surface area contributed by atoms with Gasteiger partial charge in [-0.25, -0.2) is 4.39 Å². The van der Waals surface area contributed by atoms with Gasteiger partial charge in [0.05, 0.1) is 18.7 Å². The zero-order chi connectivity index (χ0) is 18.7. The summed E-state index contributed by atoms with van der Waals surface area (Å²) in [5.74, 6) is -2.40. The summed E-state index contributed by atoms with van der Waals surface area (Å²) in [4.78, 5) is 23.5. The molecular weight excluding hydrogens is 357 g/mol. The maximum atomic E-state index is 14.4. The van der Waals surface area contributed by atoms with Crippen molar-refractivity contribution in [2.75, 3.05) is 12.4 Å². The highest BCUT2D eigenvalue weighted by atomic mass is 32.2. The van der Waals surface area contributed by atoms with Gasteiger partial charge >= 0.3 is 5.97 Å². The molecule has 0 aromatic heterocycles. The van der Waals surface area contributed by atoms with Crippen LogP contribution in [0.5, 0.6) is 5.75 Å². The SMILES string of the molecule is COc1cccc(-c2ccc(NC(=O)C3C=CSC3C(=O)O)c(F)c2)c1. The Labute approximate surface area is 153 Å². The molecule has 3 rings (SSSR count). The summed E-state index contributed by atoms with van der Waals surface area (Å²) in [6.07, 6.45) is 1.52. The molecule has 134 valence electrons. The molecule has 26 heavy (non-hydrogen) atoms. The normalized spacial score (nSPS) is 18.5. The lowest BCUT2D eigenvalue weighted by Crippen LogP contribution is -2.32. The number of anilines is 1. The van der Waals surface area contributed by atoms with E-state index in [0.29, 0.717) is 11.3 Å². The molecular formula is C19H16FNO4S. The fourth-order valence-corrected chi connectivity index (χ4v) is 3.58. The highest BCUT2D eigenvalue weighted by Crippen LogP contribution is 2.32. The Kier molecular flexibility index (Phi) is 5.27. The van der Waals surface area contributed by atoms with Crippen molar-refractivity contribution in [2.45, 2.75) is 5.25 Å². The molecule has 2 aromatic rings. The molecule has 0 saturated heterocycles. The minimum Gasteiger partial charge on any atom is -0.497 e. The van der Waals surface area contributed by atoms with Crippen molar-refractivity contribution in [3.8, 4) is 16.9 Å². The van der Waals surface area contributed by atoms with Crippen LogP contribution in [0, 0.1) is 11.7 Å². The first-order valence-electron chi connectivity index (χ1n) is 7.79. The van der Waals surface area contributed by atoms with Crippen molar-refractivity contribution in [3.63, 3.8) is 0 Å². The van der Waals surface area contributed by atoms with E-state index in [1.807, 2.05) is 6.07 Å². The first-order chi connectivity index (χ1) is 12.5. The second kappa shape index (κ2) is 7.61. The van der Waals surface area contributed by atoms with Crippen molar-refractivity contribution in [1.29, 1.82) is 0 Å². The number of nitrogens with one attached hydrogen (secondary N) is 1. The summed E-state index contributed by atoms with van der Waals surface area (Å²) in [5.41, 5.74) is 1.43. The third-order valence-corrected chi connectivity index (χ3v) is 5.12. The first kappa shape index (κ1) is 18.0. The number of carbonyl (C=O) groups is 2. The van der Waals surface area contributed by atoms with Crippen molar-refractivity contribution in [3.05, 3.63) is 59.8 Å². The average molecular weight is 373 g/mol. The molecule has 1 heterocycles. The number of hydrogen-bond donors (Lipinski definition) is 2. The Morgan fingerprint density at radius 2 is 1.96 bits per heavy atom. The summed E-state index contributed by atoms with van der Waals surface area (Å²) in [7, 11) is 1.55. The molecule has 0 bridgehead atoms. The van der Waals surface area contributed by atoms with E-state index < -0.39 is 28.9 Å². The zero-order valence-corrected chi connectivity index (χ0v) is 14.6. The molecule has 2 N–H and O–H groups in total. The highest BCUT2D eigenvalue weighted by molar-refractivity contribution is 8.03. The monoisotopic (exact) mass is 373 g/mol. The number of benzene rings is 2. The number of carboxylic acids is 1. The number of thioether (sulfide) groups is 1. The third kappa shape index (κ3) is 3.72. The smallest absolute Gasteiger partial charge is 0.318 e. The molecule has 5 nitrogen and oxygen atoms in total. The lowest BCUT2D eigenvalue weighted by molar-refractivity contribution is -0.138. The van der Waals surface area contributed by atoms with Crippen LogP contribution in [0.25, 0.3) is 11.1 Å². The molecule has 0 saturated carbocycles. The van der Waals surface area contributed by atoms with Crippen LogP contribution in [-0.4, -0.2) is 29.3 Å². The topological polar surface area (TPSA) is 75.6 Å². The van der Waals surface area contributed by atoms with E-state index in [9.17, 15) is 14.0 Å². The van der Waals surface area contributed by atoms with Gasteiger partial charge in [0.25, 0.3) is 0 Å². The Morgan fingerprint density at radius 3 is 2.65 bits per heavy atom. The van der Waals surface area contributed by atoms with Gasteiger partial charge in [0.2, 0.25) is 5.91 Å². The minimum absolute atomic E-state index is 0.0103. The minimum atomic E-state index is -1.08. The van der Waals surface area contributed by atoms with Crippen molar-refractivity contribution in [2.24, 2.45) is 5.92 Å². The van der Waals surface area contributed by atoms with E-state index in [1.165, 1.54) is 18.2 Å².